The number of hydrogen-bond acceptors (Lipinski definition) is 2. The highest BCUT2D eigenvalue weighted by Gasteiger charge is 2.43. The van der Waals surface area contributed by atoms with Gasteiger partial charge in [0.25, 0.3) is 5.91 Å². The van der Waals surface area contributed by atoms with Gasteiger partial charge in [-0.3, -0.25) is 9.69 Å². The Hall–Kier alpha value is -2.11. The molecule has 1 fully saturated rings. The van der Waals surface area contributed by atoms with E-state index in [0.29, 0.717) is 10.4 Å². The topological polar surface area (TPSA) is 33.5 Å². The van der Waals surface area contributed by atoms with Crippen molar-refractivity contribution in [1.82, 2.24) is 0 Å². The van der Waals surface area contributed by atoms with Crippen LogP contribution in [-0.2, 0) is 4.79 Å². The average molecular weight is 459 g/mol. The molecule has 0 N–H and O–H groups in total. The molecule has 1 aromatic heterocycles. The lowest BCUT2D eigenvalue weighted by Gasteiger charge is -2.43. The molecule has 124 valence electrons. The first-order valence-electron chi connectivity index (χ1n) is 7.74. The molecule has 3 nitrogen and oxygen atoms in total. The van der Waals surface area contributed by atoms with Gasteiger partial charge in [0.15, 0.2) is 4.67 Å². The van der Waals surface area contributed by atoms with E-state index in [9.17, 15) is 4.79 Å². The molecular weight excluding hydrogens is 446 g/mol. The molecule has 3 aromatic rings. The number of benzene rings is 2. The fourth-order valence-electron chi connectivity index (χ4n) is 2.98. The summed E-state index contributed by atoms with van der Waals surface area (Å²) in [5, 5.41) is 0. The Labute approximate surface area is 162 Å². The molecule has 0 radical (unpaired) electrons. The molecule has 25 heavy (non-hydrogen) atoms. The van der Waals surface area contributed by atoms with Crippen molar-refractivity contribution in [3.05, 3.63) is 92.8 Å². The van der Waals surface area contributed by atoms with E-state index in [4.69, 9.17) is 4.42 Å². The van der Waals surface area contributed by atoms with Crippen LogP contribution in [-0.4, -0.2) is 5.91 Å². The van der Waals surface area contributed by atoms with Crippen molar-refractivity contribution in [2.24, 2.45) is 0 Å². The Balaban J connectivity index is 1.76. The van der Waals surface area contributed by atoms with Crippen molar-refractivity contribution in [3.63, 3.8) is 0 Å². The molecule has 4 rings (SSSR count). The van der Waals surface area contributed by atoms with Crippen LogP contribution < -0.4 is 4.90 Å². The maximum absolute atomic E-state index is 12.8. The summed E-state index contributed by atoms with van der Waals surface area (Å²) in [7, 11) is 0. The number of β-lactam (4-membered cyclic amide) rings is 1. The zero-order chi connectivity index (χ0) is 17.4. The largest absolute Gasteiger partial charge is 0.450 e. The number of nitrogens with zero attached hydrogens (tertiary/aromatic N) is 1. The van der Waals surface area contributed by atoms with Crippen LogP contribution in [0.15, 0.2) is 85.9 Å². The van der Waals surface area contributed by atoms with E-state index in [1.165, 1.54) is 0 Å². The molecule has 0 spiro atoms. The third-order valence-electron chi connectivity index (χ3n) is 4.13. The van der Waals surface area contributed by atoms with Crippen LogP contribution in [0.4, 0.5) is 5.69 Å². The Morgan fingerprint density at radius 3 is 2.28 bits per heavy atom. The summed E-state index contributed by atoms with van der Waals surface area (Å²) in [5.41, 5.74) is 2.66. The number of rotatable bonds is 3. The van der Waals surface area contributed by atoms with Crippen molar-refractivity contribution in [3.8, 4) is 0 Å². The number of furan rings is 1. The first kappa shape index (κ1) is 16.4. The van der Waals surface area contributed by atoms with Gasteiger partial charge in [-0.15, -0.1) is 0 Å². The first-order valence-corrected chi connectivity index (χ1v) is 9.33. The lowest BCUT2D eigenvalue weighted by molar-refractivity contribution is -0.118. The minimum atomic E-state index is -0.126. The summed E-state index contributed by atoms with van der Waals surface area (Å²) in [6, 6.07) is 21.3. The molecule has 1 amide bonds. The second-order valence-electron chi connectivity index (χ2n) is 5.71. The molecule has 2 heterocycles. The van der Waals surface area contributed by atoms with Crippen LogP contribution in [0, 0.1) is 0 Å². The highest BCUT2D eigenvalue weighted by atomic mass is 79.9. The summed E-state index contributed by atoms with van der Waals surface area (Å²) >= 11 is 6.73. The first-order chi connectivity index (χ1) is 12.1. The van der Waals surface area contributed by atoms with Crippen molar-refractivity contribution in [1.29, 1.82) is 0 Å². The number of hydrogen-bond donors (Lipinski definition) is 0. The maximum Gasteiger partial charge on any atom is 0.257 e. The SMILES string of the molecule is O=C1/C(=C\c2ccc(Br)o2)C(c2ccccc2)N1c1ccc(Br)cc1. The van der Waals surface area contributed by atoms with Crippen molar-refractivity contribution in [2.45, 2.75) is 6.04 Å². The van der Waals surface area contributed by atoms with Crippen LogP contribution >= 0.6 is 31.9 Å². The van der Waals surface area contributed by atoms with Crippen LogP contribution in [0.2, 0.25) is 0 Å². The molecule has 1 aliphatic rings. The second-order valence-corrected chi connectivity index (χ2v) is 7.40. The summed E-state index contributed by atoms with van der Waals surface area (Å²) in [4.78, 5) is 14.6. The van der Waals surface area contributed by atoms with E-state index < -0.39 is 0 Å². The zero-order valence-corrected chi connectivity index (χ0v) is 16.2. The van der Waals surface area contributed by atoms with Crippen LogP contribution in [0.25, 0.3) is 6.08 Å². The van der Waals surface area contributed by atoms with Gasteiger partial charge in [-0.2, -0.15) is 0 Å². The molecular formula is C20H13Br2NO2. The number of amides is 1. The van der Waals surface area contributed by atoms with Crippen molar-refractivity contribution in [2.75, 3.05) is 4.90 Å². The van der Waals surface area contributed by atoms with Crippen molar-refractivity contribution < 1.29 is 9.21 Å². The Morgan fingerprint density at radius 1 is 0.920 bits per heavy atom. The predicted molar refractivity (Wildman–Crippen MR) is 105 cm³/mol. The third kappa shape index (κ3) is 3.10. The number of anilines is 1. The van der Waals surface area contributed by atoms with Gasteiger partial charge in [-0.1, -0.05) is 46.3 Å². The predicted octanol–water partition coefficient (Wildman–Crippen LogP) is 5.98. The van der Waals surface area contributed by atoms with Gasteiger partial charge in [0.1, 0.15) is 5.76 Å². The quantitative estimate of drug-likeness (QED) is 0.357. The van der Waals surface area contributed by atoms with E-state index in [1.807, 2.05) is 77.7 Å². The molecule has 0 saturated carbocycles. The minimum absolute atomic E-state index is 0.0105. The van der Waals surface area contributed by atoms with E-state index in [0.717, 1.165) is 21.3 Å². The lowest BCUT2D eigenvalue weighted by Crippen LogP contribution is -2.49. The fourth-order valence-corrected chi connectivity index (χ4v) is 3.56. The summed E-state index contributed by atoms with van der Waals surface area (Å²) < 4.78 is 7.17. The maximum atomic E-state index is 12.8. The van der Waals surface area contributed by atoms with Crippen LogP contribution in [0.5, 0.6) is 0 Å². The summed E-state index contributed by atoms with van der Waals surface area (Å²) in [5.74, 6) is 0.648. The summed E-state index contributed by atoms with van der Waals surface area (Å²) in [6.45, 7) is 0. The highest BCUT2D eigenvalue weighted by Crippen LogP contribution is 2.44. The summed E-state index contributed by atoms with van der Waals surface area (Å²) in [6.07, 6.45) is 1.82. The number of carbonyl (C=O) groups excluding carboxylic acids is 1. The van der Waals surface area contributed by atoms with Crippen molar-refractivity contribution >= 4 is 49.5 Å². The van der Waals surface area contributed by atoms with E-state index >= 15 is 0 Å². The minimum Gasteiger partial charge on any atom is -0.450 e. The smallest absolute Gasteiger partial charge is 0.257 e. The lowest BCUT2D eigenvalue weighted by atomic mass is 9.86. The fraction of sp³-hybridized carbons (Fsp3) is 0.0500. The van der Waals surface area contributed by atoms with Crippen LogP contribution in [0.3, 0.4) is 0 Å². The Kier molecular flexibility index (Phi) is 4.36. The van der Waals surface area contributed by atoms with Gasteiger partial charge in [0.05, 0.1) is 6.04 Å². The third-order valence-corrected chi connectivity index (χ3v) is 5.09. The van der Waals surface area contributed by atoms with E-state index in [2.05, 4.69) is 31.9 Å². The monoisotopic (exact) mass is 457 g/mol. The zero-order valence-electron chi connectivity index (χ0n) is 13.0. The molecule has 1 aliphatic heterocycles. The van der Waals surface area contributed by atoms with Gasteiger partial charge in [0.2, 0.25) is 0 Å². The van der Waals surface area contributed by atoms with Gasteiger partial charge >= 0.3 is 0 Å². The Morgan fingerprint density at radius 2 is 1.64 bits per heavy atom. The molecule has 0 aliphatic carbocycles. The van der Waals surface area contributed by atoms with Gasteiger partial charge in [0, 0.05) is 15.7 Å². The van der Waals surface area contributed by atoms with Gasteiger partial charge in [-0.25, -0.2) is 0 Å². The van der Waals surface area contributed by atoms with Crippen LogP contribution in [0.1, 0.15) is 17.4 Å². The van der Waals surface area contributed by atoms with E-state index in [1.54, 1.807) is 0 Å². The second kappa shape index (κ2) is 6.65. The molecule has 5 heteroatoms. The molecule has 0 bridgehead atoms. The molecule has 2 aromatic carbocycles. The normalized spacial score (nSPS) is 18.5. The number of halogens is 2. The number of carbonyl (C=O) groups is 1. The van der Waals surface area contributed by atoms with Gasteiger partial charge in [-0.05, 0) is 64.0 Å². The molecule has 1 unspecified atom stereocenters. The molecule has 1 atom stereocenters. The van der Waals surface area contributed by atoms with E-state index in [-0.39, 0.29) is 11.9 Å². The Bertz CT molecular complexity index is 945. The highest BCUT2D eigenvalue weighted by molar-refractivity contribution is 9.10. The average Bonchev–Trinajstić information content (AvgIpc) is 3.04. The molecule has 1 saturated heterocycles. The van der Waals surface area contributed by atoms with Gasteiger partial charge < -0.3 is 4.42 Å². The standard InChI is InChI=1S/C20H13Br2NO2/c21-14-6-8-15(9-7-14)23-19(13-4-2-1-3-5-13)17(20(23)24)12-16-10-11-18(22)25-16/h1-12,19H/b17-12-.